The zero-order valence-corrected chi connectivity index (χ0v) is 18.4. The third kappa shape index (κ3) is 13.1. The molecule has 0 heterocycles. The predicted octanol–water partition coefficient (Wildman–Crippen LogP) is 7.52. The van der Waals surface area contributed by atoms with Crippen LogP contribution < -0.4 is 0 Å². The van der Waals surface area contributed by atoms with Crippen LogP contribution in [-0.4, -0.2) is 14.2 Å². The van der Waals surface area contributed by atoms with Crippen molar-refractivity contribution in [2.75, 3.05) is 5.75 Å². The Morgan fingerprint density at radius 2 is 1.00 bits per heavy atom. The van der Waals surface area contributed by atoms with Gasteiger partial charge in [-0.3, -0.25) is 0 Å². The van der Waals surface area contributed by atoms with Gasteiger partial charge < -0.3 is 0 Å². The van der Waals surface area contributed by atoms with E-state index in [1.54, 1.807) is 24.3 Å². The summed E-state index contributed by atoms with van der Waals surface area (Å²) in [6.07, 6.45) is 20.9. The summed E-state index contributed by atoms with van der Waals surface area (Å²) in [7, 11) is -3.10. The molecule has 2 nitrogen and oxygen atoms in total. The lowest BCUT2D eigenvalue weighted by Gasteiger charge is -2.05. The van der Waals surface area contributed by atoms with E-state index in [0.717, 1.165) is 19.3 Å². The van der Waals surface area contributed by atoms with Crippen molar-refractivity contribution in [2.24, 2.45) is 0 Å². The average molecular weight is 394 g/mol. The lowest BCUT2D eigenvalue weighted by atomic mass is 10.0. The summed E-state index contributed by atoms with van der Waals surface area (Å²) in [4.78, 5) is 0.433. The molecule has 0 fully saturated rings. The van der Waals surface area contributed by atoms with Gasteiger partial charge in [0.2, 0.25) is 0 Å². The molecule has 3 heteroatoms. The van der Waals surface area contributed by atoms with Crippen LogP contribution in [0.15, 0.2) is 29.2 Å². The van der Waals surface area contributed by atoms with Crippen LogP contribution in [0.4, 0.5) is 0 Å². The molecule has 0 amide bonds. The molecule has 0 aliphatic rings. The molecule has 0 bridgehead atoms. The van der Waals surface area contributed by atoms with Crippen molar-refractivity contribution >= 4 is 9.84 Å². The maximum absolute atomic E-state index is 12.2. The molecule has 0 saturated carbocycles. The van der Waals surface area contributed by atoms with Crippen molar-refractivity contribution in [3.8, 4) is 0 Å². The molecule has 0 N–H and O–H groups in total. The Labute approximate surface area is 169 Å². The lowest BCUT2D eigenvalue weighted by molar-refractivity contribution is 0.531. The Balaban J connectivity index is 1.84. The molecule has 27 heavy (non-hydrogen) atoms. The van der Waals surface area contributed by atoms with E-state index in [9.17, 15) is 8.42 Å². The van der Waals surface area contributed by atoms with Gasteiger partial charge in [-0.25, -0.2) is 8.42 Å². The van der Waals surface area contributed by atoms with Crippen LogP contribution >= 0.6 is 0 Å². The Bertz CT molecular complexity index is 537. The fraction of sp³-hybridized carbons (Fsp3) is 0.750. The van der Waals surface area contributed by atoms with E-state index in [1.165, 1.54) is 83.5 Å². The minimum Gasteiger partial charge on any atom is -0.224 e. The van der Waals surface area contributed by atoms with Crippen molar-refractivity contribution in [1.82, 2.24) is 0 Å². The molecule has 0 unspecified atom stereocenters. The first-order valence-corrected chi connectivity index (χ1v) is 13.0. The van der Waals surface area contributed by atoms with Gasteiger partial charge in [-0.15, -0.1) is 0 Å². The monoisotopic (exact) mass is 393 g/mol. The van der Waals surface area contributed by atoms with Gasteiger partial charge in [0.15, 0.2) is 9.84 Å². The Morgan fingerprint density at radius 3 is 1.41 bits per heavy atom. The molecule has 1 aromatic rings. The third-order valence-electron chi connectivity index (χ3n) is 5.31. The van der Waals surface area contributed by atoms with Crippen LogP contribution in [0.2, 0.25) is 0 Å². The first kappa shape index (κ1) is 24.2. The SMILES string of the molecule is CCCCCCCCCCCCCCCCCCS(=O)(=O)c1cc[c]cc1. The number of rotatable bonds is 18. The van der Waals surface area contributed by atoms with E-state index in [-0.39, 0.29) is 5.75 Å². The van der Waals surface area contributed by atoms with Crippen molar-refractivity contribution in [3.63, 3.8) is 0 Å². The highest BCUT2D eigenvalue weighted by Gasteiger charge is 2.12. The van der Waals surface area contributed by atoms with Crippen LogP contribution in [0.25, 0.3) is 0 Å². The van der Waals surface area contributed by atoms with Crippen LogP contribution in [0, 0.1) is 6.07 Å². The van der Waals surface area contributed by atoms with E-state index in [4.69, 9.17) is 0 Å². The van der Waals surface area contributed by atoms with Gasteiger partial charge in [0.25, 0.3) is 0 Å². The summed E-state index contributed by atoms with van der Waals surface area (Å²) < 4.78 is 24.3. The molecule has 0 spiro atoms. The van der Waals surface area contributed by atoms with E-state index in [0.29, 0.717) is 4.90 Å². The first-order chi connectivity index (χ1) is 13.2. The van der Waals surface area contributed by atoms with Gasteiger partial charge in [-0.05, 0) is 24.6 Å². The number of unbranched alkanes of at least 4 members (excludes halogenated alkanes) is 15. The van der Waals surface area contributed by atoms with Crippen LogP contribution in [-0.2, 0) is 9.84 Å². The first-order valence-electron chi connectivity index (χ1n) is 11.4. The molecule has 0 aromatic heterocycles. The fourth-order valence-corrected chi connectivity index (χ4v) is 4.91. The molecule has 1 rings (SSSR count). The lowest BCUT2D eigenvalue weighted by Crippen LogP contribution is -2.06. The summed E-state index contributed by atoms with van der Waals surface area (Å²) in [6.45, 7) is 2.27. The Kier molecular flexibility index (Phi) is 14.5. The minimum absolute atomic E-state index is 0.273. The van der Waals surface area contributed by atoms with Crippen molar-refractivity contribution in [3.05, 3.63) is 30.3 Å². The van der Waals surface area contributed by atoms with Crippen LogP contribution in [0.1, 0.15) is 110 Å². The summed E-state index contributed by atoms with van der Waals surface area (Å²) >= 11 is 0. The second-order valence-electron chi connectivity index (χ2n) is 7.86. The van der Waals surface area contributed by atoms with Crippen LogP contribution in [0.5, 0.6) is 0 Å². The maximum Gasteiger partial charge on any atom is 0.178 e. The highest BCUT2D eigenvalue weighted by Crippen LogP contribution is 2.15. The summed E-state index contributed by atoms with van der Waals surface area (Å²) in [5.41, 5.74) is 0. The highest BCUT2D eigenvalue weighted by molar-refractivity contribution is 7.91. The van der Waals surface area contributed by atoms with E-state index in [2.05, 4.69) is 13.0 Å². The van der Waals surface area contributed by atoms with Gasteiger partial charge >= 0.3 is 0 Å². The van der Waals surface area contributed by atoms with E-state index < -0.39 is 9.84 Å². The Hall–Kier alpha value is -0.830. The van der Waals surface area contributed by atoms with Gasteiger partial charge in [0.05, 0.1) is 10.6 Å². The Morgan fingerprint density at radius 1 is 0.630 bits per heavy atom. The topological polar surface area (TPSA) is 34.1 Å². The molecule has 1 aromatic carbocycles. The molecular formula is C24H41O2S. The molecule has 0 saturated heterocycles. The minimum atomic E-state index is -3.10. The summed E-state index contributed by atoms with van der Waals surface area (Å²) in [6, 6.07) is 9.48. The molecule has 155 valence electrons. The highest BCUT2D eigenvalue weighted by atomic mass is 32.2. The standard InChI is InChI=1S/C24H41O2S/c1-2-3-4-5-6-7-8-9-10-11-12-13-14-15-16-20-23-27(25,26)24-21-18-17-19-22-24/h18-19,21-22H,2-16,20,23H2,1H3. The second-order valence-corrected chi connectivity index (χ2v) is 9.97. The zero-order valence-electron chi connectivity index (χ0n) is 17.6. The molecular weight excluding hydrogens is 352 g/mol. The number of hydrogen-bond donors (Lipinski definition) is 0. The summed E-state index contributed by atoms with van der Waals surface area (Å²) in [5, 5.41) is 0. The third-order valence-corrected chi connectivity index (χ3v) is 7.13. The number of sulfone groups is 1. The van der Waals surface area contributed by atoms with Gasteiger partial charge in [0, 0.05) is 0 Å². The van der Waals surface area contributed by atoms with Crippen LogP contribution in [0.3, 0.4) is 0 Å². The normalized spacial score (nSPS) is 11.7. The van der Waals surface area contributed by atoms with Crippen molar-refractivity contribution in [2.45, 2.75) is 115 Å². The van der Waals surface area contributed by atoms with E-state index >= 15 is 0 Å². The second kappa shape index (κ2) is 16.2. The predicted molar refractivity (Wildman–Crippen MR) is 117 cm³/mol. The smallest absolute Gasteiger partial charge is 0.178 e. The van der Waals surface area contributed by atoms with Gasteiger partial charge in [-0.2, -0.15) is 0 Å². The maximum atomic E-state index is 12.2. The average Bonchev–Trinajstić information content (AvgIpc) is 2.68. The largest absolute Gasteiger partial charge is 0.224 e. The van der Waals surface area contributed by atoms with Crippen molar-refractivity contribution < 1.29 is 8.42 Å². The quantitative estimate of drug-likeness (QED) is 0.242. The summed E-state index contributed by atoms with van der Waals surface area (Å²) in [5.74, 6) is 0.273. The molecule has 1 radical (unpaired) electrons. The molecule has 0 aliphatic heterocycles. The zero-order chi connectivity index (χ0) is 19.6. The van der Waals surface area contributed by atoms with E-state index in [1.807, 2.05) is 0 Å². The molecule has 0 aliphatic carbocycles. The fourth-order valence-electron chi connectivity index (χ4n) is 3.54. The number of benzene rings is 1. The van der Waals surface area contributed by atoms with Gasteiger partial charge in [-0.1, -0.05) is 115 Å². The number of hydrogen-bond acceptors (Lipinski definition) is 2. The van der Waals surface area contributed by atoms with Crippen molar-refractivity contribution in [1.29, 1.82) is 0 Å². The van der Waals surface area contributed by atoms with Gasteiger partial charge in [0.1, 0.15) is 0 Å². The molecule has 0 atom stereocenters.